The highest BCUT2D eigenvalue weighted by Gasteiger charge is 2.28. The van der Waals surface area contributed by atoms with Crippen LogP contribution >= 0.6 is 0 Å². The van der Waals surface area contributed by atoms with Crippen LogP contribution in [0, 0.1) is 0 Å². The summed E-state index contributed by atoms with van der Waals surface area (Å²) < 4.78 is 5.49. The molecule has 0 spiro atoms. The predicted molar refractivity (Wildman–Crippen MR) is 90.6 cm³/mol. The van der Waals surface area contributed by atoms with Crippen LogP contribution in [0.3, 0.4) is 0 Å². The van der Waals surface area contributed by atoms with Gasteiger partial charge in [0.05, 0.1) is 0 Å². The van der Waals surface area contributed by atoms with Crippen LogP contribution in [0.25, 0.3) is 0 Å². The van der Waals surface area contributed by atoms with Gasteiger partial charge in [-0.1, -0.05) is 12.1 Å². The molecule has 122 valence electrons. The second kappa shape index (κ2) is 6.59. The minimum Gasteiger partial charge on any atom is -0.444 e. The molecule has 2 rings (SSSR count). The molecule has 1 amide bonds. The van der Waals surface area contributed by atoms with E-state index in [0.29, 0.717) is 5.92 Å². The van der Waals surface area contributed by atoms with Crippen LogP contribution in [-0.2, 0) is 4.74 Å². The van der Waals surface area contributed by atoms with Crippen molar-refractivity contribution in [3.8, 4) is 0 Å². The van der Waals surface area contributed by atoms with Gasteiger partial charge in [-0.15, -0.1) is 0 Å². The summed E-state index contributed by atoms with van der Waals surface area (Å²) in [6, 6.07) is 8.64. The van der Waals surface area contributed by atoms with E-state index in [2.05, 4.69) is 29.2 Å². The molecule has 0 aliphatic carbocycles. The van der Waals surface area contributed by atoms with Gasteiger partial charge in [0.25, 0.3) is 0 Å². The Morgan fingerprint density at radius 1 is 1.23 bits per heavy atom. The molecule has 1 atom stereocenters. The van der Waals surface area contributed by atoms with Crippen molar-refractivity contribution in [3.63, 3.8) is 0 Å². The quantitative estimate of drug-likeness (QED) is 0.831. The zero-order valence-electron chi connectivity index (χ0n) is 14.4. The third-order valence-electron chi connectivity index (χ3n) is 3.95. The van der Waals surface area contributed by atoms with Crippen molar-refractivity contribution < 1.29 is 9.53 Å². The monoisotopic (exact) mass is 304 g/mol. The largest absolute Gasteiger partial charge is 0.444 e. The lowest BCUT2D eigenvalue weighted by Crippen LogP contribution is -2.42. The molecule has 1 aromatic rings. The number of likely N-dealkylation sites (tertiary alicyclic amines) is 1. The number of carbonyl (C=O) groups is 1. The van der Waals surface area contributed by atoms with Crippen molar-refractivity contribution >= 4 is 11.8 Å². The number of ether oxygens (including phenoxy) is 1. The second-order valence-electron chi connectivity index (χ2n) is 7.25. The first-order valence-electron chi connectivity index (χ1n) is 8.01. The number of nitrogens with zero attached hydrogens (tertiary/aromatic N) is 2. The van der Waals surface area contributed by atoms with Crippen molar-refractivity contribution in [1.29, 1.82) is 0 Å². The number of hydrogen-bond donors (Lipinski definition) is 0. The first kappa shape index (κ1) is 16.7. The van der Waals surface area contributed by atoms with E-state index in [1.54, 1.807) is 0 Å². The van der Waals surface area contributed by atoms with Crippen LogP contribution in [0.1, 0.15) is 45.1 Å². The van der Waals surface area contributed by atoms with E-state index in [4.69, 9.17) is 4.74 Å². The molecule has 1 fully saturated rings. The molecule has 0 radical (unpaired) electrons. The highest BCUT2D eigenvalue weighted by Crippen LogP contribution is 2.29. The molecule has 4 nitrogen and oxygen atoms in total. The molecule has 22 heavy (non-hydrogen) atoms. The van der Waals surface area contributed by atoms with Gasteiger partial charge in [0.1, 0.15) is 5.60 Å². The van der Waals surface area contributed by atoms with Gasteiger partial charge in [0.15, 0.2) is 0 Å². The maximum atomic E-state index is 12.2. The lowest BCUT2D eigenvalue weighted by atomic mass is 9.90. The Balaban J connectivity index is 2.02. The third-order valence-corrected chi connectivity index (χ3v) is 3.95. The maximum Gasteiger partial charge on any atom is 0.410 e. The zero-order chi connectivity index (χ0) is 16.3. The number of anilines is 1. The topological polar surface area (TPSA) is 32.8 Å². The Morgan fingerprint density at radius 2 is 1.86 bits per heavy atom. The lowest BCUT2D eigenvalue weighted by Gasteiger charge is -2.34. The van der Waals surface area contributed by atoms with Gasteiger partial charge < -0.3 is 14.5 Å². The summed E-state index contributed by atoms with van der Waals surface area (Å²) in [5, 5.41) is 0. The van der Waals surface area contributed by atoms with E-state index in [1.807, 2.05) is 39.8 Å². The Morgan fingerprint density at radius 3 is 2.41 bits per heavy atom. The number of carbonyl (C=O) groups excluding carboxylic acids is 1. The number of benzene rings is 1. The van der Waals surface area contributed by atoms with E-state index in [1.165, 1.54) is 11.3 Å². The van der Waals surface area contributed by atoms with Gasteiger partial charge in [0.2, 0.25) is 0 Å². The fourth-order valence-electron chi connectivity index (χ4n) is 2.79. The summed E-state index contributed by atoms with van der Waals surface area (Å²) in [5.74, 6) is 0.400. The average molecular weight is 304 g/mol. The summed E-state index contributed by atoms with van der Waals surface area (Å²) in [7, 11) is 4.08. The number of amides is 1. The summed E-state index contributed by atoms with van der Waals surface area (Å²) in [6.45, 7) is 7.27. The van der Waals surface area contributed by atoms with Crippen LogP contribution in [0.5, 0.6) is 0 Å². The first-order valence-corrected chi connectivity index (χ1v) is 8.01. The average Bonchev–Trinajstić information content (AvgIpc) is 2.46. The van der Waals surface area contributed by atoms with Crippen molar-refractivity contribution in [2.24, 2.45) is 0 Å². The standard InChI is InChI=1S/C18H28N2O2/c1-18(2,3)22-17(21)20-12-6-7-15(13-20)14-8-10-16(11-9-14)19(4)5/h8-11,15H,6-7,12-13H2,1-5H3. The molecule has 4 heteroatoms. The summed E-state index contributed by atoms with van der Waals surface area (Å²) >= 11 is 0. The Bertz CT molecular complexity index is 503. The number of piperidine rings is 1. The normalized spacial score (nSPS) is 19.0. The Hall–Kier alpha value is -1.71. The van der Waals surface area contributed by atoms with Gasteiger partial charge in [0, 0.05) is 38.8 Å². The predicted octanol–water partition coefficient (Wildman–Crippen LogP) is 3.87. The minimum atomic E-state index is -0.433. The summed E-state index contributed by atoms with van der Waals surface area (Å²) in [6.07, 6.45) is 1.96. The molecule has 0 saturated carbocycles. The van der Waals surface area contributed by atoms with Crippen LogP contribution in [0.4, 0.5) is 10.5 Å². The summed E-state index contributed by atoms with van der Waals surface area (Å²) in [4.78, 5) is 16.2. The lowest BCUT2D eigenvalue weighted by molar-refractivity contribution is 0.0198. The van der Waals surface area contributed by atoms with Crippen LogP contribution in [0.2, 0.25) is 0 Å². The highest BCUT2D eigenvalue weighted by molar-refractivity contribution is 5.68. The fraction of sp³-hybridized carbons (Fsp3) is 0.611. The highest BCUT2D eigenvalue weighted by atomic mass is 16.6. The second-order valence-corrected chi connectivity index (χ2v) is 7.25. The van der Waals surface area contributed by atoms with Crippen LogP contribution in [0.15, 0.2) is 24.3 Å². The minimum absolute atomic E-state index is 0.192. The van der Waals surface area contributed by atoms with Gasteiger partial charge in [-0.2, -0.15) is 0 Å². The Kier molecular flexibility index (Phi) is 4.99. The zero-order valence-corrected chi connectivity index (χ0v) is 14.4. The van der Waals surface area contributed by atoms with Crippen LogP contribution in [-0.4, -0.2) is 43.8 Å². The SMILES string of the molecule is CN(C)c1ccc(C2CCCN(C(=O)OC(C)(C)C)C2)cc1. The summed E-state index contributed by atoms with van der Waals surface area (Å²) in [5.41, 5.74) is 2.07. The van der Waals surface area contributed by atoms with E-state index in [9.17, 15) is 4.79 Å². The van der Waals surface area contributed by atoms with Gasteiger partial charge in [-0.25, -0.2) is 4.79 Å². The molecule has 1 heterocycles. The molecule has 1 aromatic carbocycles. The first-order chi connectivity index (χ1) is 10.3. The molecule has 1 aliphatic rings. The molecule has 0 N–H and O–H groups in total. The van der Waals surface area contributed by atoms with Crippen molar-refractivity contribution in [1.82, 2.24) is 4.90 Å². The molecular formula is C18H28N2O2. The molecule has 0 aromatic heterocycles. The third kappa shape index (κ3) is 4.39. The Labute approximate surface area is 134 Å². The van der Waals surface area contributed by atoms with Gasteiger partial charge in [-0.3, -0.25) is 0 Å². The van der Waals surface area contributed by atoms with Crippen molar-refractivity contribution in [3.05, 3.63) is 29.8 Å². The molecule has 1 saturated heterocycles. The van der Waals surface area contributed by atoms with Gasteiger partial charge in [-0.05, 0) is 51.3 Å². The van der Waals surface area contributed by atoms with Gasteiger partial charge >= 0.3 is 6.09 Å². The van der Waals surface area contributed by atoms with E-state index in [0.717, 1.165) is 25.9 Å². The molecular weight excluding hydrogens is 276 g/mol. The van der Waals surface area contributed by atoms with Crippen molar-refractivity contribution in [2.75, 3.05) is 32.1 Å². The molecule has 1 unspecified atom stereocenters. The number of hydrogen-bond acceptors (Lipinski definition) is 3. The smallest absolute Gasteiger partial charge is 0.410 e. The fourth-order valence-corrected chi connectivity index (χ4v) is 2.79. The maximum absolute atomic E-state index is 12.2. The van der Waals surface area contributed by atoms with E-state index in [-0.39, 0.29) is 6.09 Å². The van der Waals surface area contributed by atoms with Crippen molar-refractivity contribution in [2.45, 2.75) is 45.1 Å². The van der Waals surface area contributed by atoms with Crippen LogP contribution < -0.4 is 4.90 Å². The van der Waals surface area contributed by atoms with E-state index < -0.39 is 5.60 Å². The number of rotatable bonds is 2. The molecule has 0 bridgehead atoms. The molecule has 1 aliphatic heterocycles. The van der Waals surface area contributed by atoms with E-state index >= 15 is 0 Å².